The molecule has 2 fully saturated rings. The van der Waals surface area contributed by atoms with Crippen molar-refractivity contribution < 1.29 is 4.79 Å². The van der Waals surface area contributed by atoms with Gasteiger partial charge in [0, 0.05) is 12.1 Å². The van der Waals surface area contributed by atoms with E-state index < -0.39 is 5.54 Å². The molecule has 0 aromatic heterocycles. The Balaban J connectivity index is 1.99. The molecule has 4 nitrogen and oxygen atoms in total. The molecule has 2 aliphatic carbocycles. The lowest BCUT2D eigenvalue weighted by Gasteiger charge is -2.31. The number of amides is 1. The monoisotopic (exact) mass is 267 g/mol. The van der Waals surface area contributed by atoms with E-state index >= 15 is 0 Å². The van der Waals surface area contributed by atoms with Gasteiger partial charge >= 0.3 is 0 Å². The summed E-state index contributed by atoms with van der Waals surface area (Å²) >= 11 is 0. The van der Waals surface area contributed by atoms with Gasteiger partial charge in [0.05, 0.1) is 5.54 Å². The lowest BCUT2D eigenvalue weighted by molar-refractivity contribution is -0.124. The Bertz CT molecular complexity index is 311. The summed E-state index contributed by atoms with van der Waals surface area (Å²) in [5.74, 6) is -0.144. The first kappa shape index (κ1) is 14.8. The molecule has 0 bridgehead atoms. The summed E-state index contributed by atoms with van der Waals surface area (Å²) in [6, 6.07) is 1.07. The van der Waals surface area contributed by atoms with Gasteiger partial charge in [0.2, 0.25) is 5.91 Å². The largest absolute Gasteiger partial charge is 0.368 e. The number of carbonyl (C=O) groups excluding carboxylic acids is 1. The number of hydrogen-bond donors (Lipinski definition) is 2. The van der Waals surface area contributed by atoms with Crippen molar-refractivity contribution in [1.82, 2.24) is 10.2 Å². The highest BCUT2D eigenvalue weighted by atomic mass is 16.1. The van der Waals surface area contributed by atoms with Gasteiger partial charge in [0.15, 0.2) is 0 Å². The second-order valence-corrected chi connectivity index (χ2v) is 6.30. The van der Waals surface area contributed by atoms with Gasteiger partial charge in [-0.2, -0.15) is 0 Å². The summed E-state index contributed by atoms with van der Waals surface area (Å²) in [4.78, 5) is 14.5. The quantitative estimate of drug-likeness (QED) is 0.703. The molecule has 0 aromatic carbocycles. The van der Waals surface area contributed by atoms with Crippen molar-refractivity contribution in [3.8, 4) is 0 Å². The van der Waals surface area contributed by atoms with E-state index in [2.05, 4.69) is 24.1 Å². The second-order valence-electron chi connectivity index (χ2n) is 6.30. The number of primary amides is 1. The average molecular weight is 267 g/mol. The first-order chi connectivity index (χ1) is 9.11. The van der Waals surface area contributed by atoms with Gasteiger partial charge in [0.25, 0.3) is 0 Å². The van der Waals surface area contributed by atoms with Crippen LogP contribution in [-0.2, 0) is 4.79 Å². The molecule has 3 N–H and O–H groups in total. The third-order valence-electron chi connectivity index (χ3n) is 4.56. The lowest BCUT2D eigenvalue weighted by atomic mass is 9.96. The van der Waals surface area contributed by atoms with E-state index in [4.69, 9.17) is 5.73 Å². The van der Waals surface area contributed by atoms with Gasteiger partial charge in [0.1, 0.15) is 0 Å². The second kappa shape index (κ2) is 6.23. The number of hydrogen-bond acceptors (Lipinski definition) is 3. The van der Waals surface area contributed by atoms with Crippen molar-refractivity contribution in [3.05, 3.63) is 0 Å². The fraction of sp³-hybridized carbons (Fsp3) is 0.933. The highest BCUT2D eigenvalue weighted by Crippen LogP contribution is 2.36. The Labute approximate surface area is 117 Å². The van der Waals surface area contributed by atoms with Crippen LogP contribution in [0.4, 0.5) is 0 Å². The predicted octanol–water partition coefficient (Wildman–Crippen LogP) is 1.64. The van der Waals surface area contributed by atoms with Crippen LogP contribution < -0.4 is 11.1 Å². The summed E-state index contributed by atoms with van der Waals surface area (Å²) in [7, 11) is 0. The number of nitrogens with zero attached hydrogens (tertiary/aromatic N) is 1. The van der Waals surface area contributed by atoms with Crippen LogP contribution in [0.1, 0.15) is 58.8 Å². The van der Waals surface area contributed by atoms with Crippen LogP contribution in [0.3, 0.4) is 0 Å². The molecule has 19 heavy (non-hydrogen) atoms. The van der Waals surface area contributed by atoms with Crippen LogP contribution in [0.25, 0.3) is 0 Å². The van der Waals surface area contributed by atoms with Crippen LogP contribution in [0.15, 0.2) is 0 Å². The van der Waals surface area contributed by atoms with Crippen LogP contribution in [0.5, 0.6) is 0 Å². The first-order valence-electron chi connectivity index (χ1n) is 7.93. The first-order valence-corrected chi connectivity index (χ1v) is 7.93. The van der Waals surface area contributed by atoms with Gasteiger partial charge in [-0.25, -0.2) is 0 Å². The normalized spacial score (nSPS) is 31.0. The molecule has 2 atom stereocenters. The number of rotatable bonds is 8. The zero-order valence-corrected chi connectivity index (χ0v) is 12.5. The van der Waals surface area contributed by atoms with E-state index in [0.717, 1.165) is 32.4 Å². The summed E-state index contributed by atoms with van der Waals surface area (Å²) < 4.78 is 0. The van der Waals surface area contributed by atoms with E-state index in [1.54, 1.807) is 0 Å². The van der Waals surface area contributed by atoms with Crippen molar-refractivity contribution in [2.45, 2.75) is 76.4 Å². The molecule has 2 saturated carbocycles. The molecular weight excluding hydrogens is 238 g/mol. The summed E-state index contributed by atoms with van der Waals surface area (Å²) in [5.41, 5.74) is 5.27. The van der Waals surface area contributed by atoms with Crippen LogP contribution in [0, 0.1) is 0 Å². The SMILES string of the molecule is CCCN(CCC)C1CCC(NC2CC2)(C(N)=O)C1. The summed E-state index contributed by atoms with van der Waals surface area (Å²) in [6.07, 6.45) is 7.67. The molecule has 4 heteroatoms. The summed E-state index contributed by atoms with van der Waals surface area (Å²) in [5, 5.41) is 3.53. The number of nitrogens with two attached hydrogens (primary N) is 1. The Morgan fingerprint density at radius 1 is 1.26 bits per heavy atom. The van der Waals surface area contributed by atoms with Gasteiger partial charge in [-0.05, 0) is 58.0 Å². The topological polar surface area (TPSA) is 58.4 Å². The Morgan fingerprint density at radius 2 is 1.89 bits per heavy atom. The minimum absolute atomic E-state index is 0.144. The molecule has 0 aliphatic heterocycles. The van der Waals surface area contributed by atoms with Gasteiger partial charge in [-0.15, -0.1) is 0 Å². The third kappa shape index (κ3) is 3.48. The Hall–Kier alpha value is -0.610. The van der Waals surface area contributed by atoms with Crippen molar-refractivity contribution in [2.75, 3.05) is 13.1 Å². The van der Waals surface area contributed by atoms with Gasteiger partial charge in [-0.3, -0.25) is 4.79 Å². The van der Waals surface area contributed by atoms with E-state index in [1.165, 1.54) is 25.7 Å². The molecule has 1 amide bonds. The average Bonchev–Trinajstić information content (AvgIpc) is 3.06. The van der Waals surface area contributed by atoms with E-state index in [1.807, 2.05) is 0 Å². The highest BCUT2D eigenvalue weighted by molar-refractivity contribution is 5.85. The van der Waals surface area contributed by atoms with Crippen molar-refractivity contribution in [3.63, 3.8) is 0 Å². The number of nitrogens with one attached hydrogen (secondary N) is 1. The van der Waals surface area contributed by atoms with Crippen molar-refractivity contribution in [2.24, 2.45) is 5.73 Å². The molecule has 0 spiro atoms. The molecule has 0 saturated heterocycles. The zero-order valence-electron chi connectivity index (χ0n) is 12.5. The standard InChI is InChI=1S/C15H29N3O/c1-3-9-18(10-4-2)13-7-8-15(11-13,14(16)19)17-12-5-6-12/h12-13,17H,3-11H2,1-2H3,(H2,16,19). The third-order valence-corrected chi connectivity index (χ3v) is 4.56. The maximum Gasteiger partial charge on any atom is 0.237 e. The fourth-order valence-corrected chi connectivity index (χ4v) is 3.43. The molecule has 0 heterocycles. The highest BCUT2D eigenvalue weighted by Gasteiger charge is 2.47. The Morgan fingerprint density at radius 3 is 2.37 bits per heavy atom. The van der Waals surface area contributed by atoms with Gasteiger partial charge < -0.3 is 16.0 Å². The molecule has 0 aromatic rings. The van der Waals surface area contributed by atoms with Crippen LogP contribution in [0.2, 0.25) is 0 Å². The maximum atomic E-state index is 11.9. The lowest BCUT2D eigenvalue weighted by Crippen LogP contribution is -2.55. The van der Waals surface area contributed by atoms with E-state index in [9.17, 15) is 4.79 Å². The van der Waals surface area contributed by atoms with Crippen LogP contribution in [-0.4, -0.2) is 41.5 Å². The molecule has 2 rings (SSSR count). The molecule has 2 aliphatic rings. The van der Waals surface area contributed by atoms with Crippen molar-refractivity contribution >= 4 is 5.91 Å². The zero-order chi connectivity index (χ0) is 13.9. The van der Waals surface area contributed by atoms with E-state index in [-0.39, 0.29) is 5.91 Å². The minimum Gasteiger partial charge on any atom is -0.368 e. The number of carbonyl (C=O) groups is 1. The Kier molecular flexibility index (Phi) is 4.85. The molecule has 2 unspecified atom stereocenters. The van der Waals surface area contributed by atoms with Gasteiger partial charge in [-0.1, -0.05) is 13.8 Å². The molecule has 110 valence electrons. The van der Waals surface area contributed by atoms with Crippen LogP contribution >= 0.6 is 0 Å². The molecular formula is C15H29N3O. The minimum atomic E-state index is -0.425. The smallest absolute Gasteiger partial charge is 0.237 e. The summed E-state index contributed by atoms with van der Waals surface area (Å²) in [6.45, 7) is 6.72. The van der Waals surface area contributed by atoms with Crippen molar-refractivity contribution in [1.29, 1.82) is 0 Å². The fourth-order valence-electron chi connectivity index (χ4n) is 3.43. The predicted molar refractivity (Wildman–Crippen MR) is 77.9 cm³/mol. The maximum absolute atomic E-state index is 11.9. The molecule has 0 radical (unpaired) electrons. The van der Waals surface area contributed by atoms with E-state index in [0.29, 0.717) is 12.1 Å².